The summed E-state index contributed by atoms with van der Waals surface area (Å²) < 4.78 is 14.5. The van der Waals surface area contributed by atoms with Crippen LogP contribution >= 0.6 is 0 Å². The third-order valence-corrected chi connectivity index (χ3v) is 7.46. The lowest BCUT2D eigenvalue weighted by molar-refractivity contribution is -0.130. The van der Waals surface area contributed by atoms with Crippen molar-refractivity contribution >= 4 is 23.3 Å². The molecule has 1 aromatic rings. The Kier molecular flexibility index (Phi) is 4.59. The van der Waals surface area contributed by atoms with Gasteiger partial charge in [-0.05, 0) is 54.2 Å². The van der Waals surface area contributed by atoms with E-state index in [0.29, 0.717) is 12.6 Å². The van der Waals surface area contributed by atoms with E-state index in [1.807, 2.05) is 26.2 Å². The van der Waals surface area contributed by atoms with E-state index >= 15 is 0 Å². The molecule has 1 saturated heterocycles. The van der Waals surface area contributed by atoms with Gasteiger partial charge in [-0.3, -0.25) is 15.1 Å². The molecule has 2 atom stereocenters. The van der Waals surface area contributed by atoms with Crippen LogP contribution in [0.15, 0.2) is 52.4 Å². The molecule has 1 aromatic carbocycles. The monoisotopic (exact) mass is 445 g/mol. The summed E-state index contributed by atoms with van der Waals surface area (Å²) in [6, 6.07) is 3.85. The topological polar surface area (TPSA) is 51.2 Å². The molecule has 0 unspecified atom stereocenters. The average Bonchev–Trinajstić information content (AvgIpc) is 3.21. The number of nitrogens with zero attached hydrogens (tertiary/aromatic N) is 4. The highest BCUT2D eigenvalue weighted by atomic mass is 19.1. The van der Waals surface area contributed by atoms with Crippen molar-refractivity contribution in [3.05, 3.63) is 69.8 Å². The summed E-state index contributed by atoms with van der Waals surface area (Å²) >= 11 is 0. The highest BCUT2D eigenvalue weighted by Gasteiger charge is 2.39. The number of carbonyl (C=O) groups is 1. The van der Waals surface area contributed by atoms with Gasteiger partial charge in [-0.25, -0.2) is 4.39 Å². The molecule has 0 saturated carbocycles. The number of fused-ring (bicyclic) bond motifs is 4. The van der Waals surface area contributed by atoms with E-state index in [0.717, 1.165) is 59.5 Å². The van der Waals surface area contributed by atoms with Crippen LogP contribution in [0.5, 0.6) is 0 Å². The predicted octanol–water partition coefficient (Wildman–Crippen LogP) is 2.95. The molecule has 170 valence electrons. The lowest BCUT2D eigenvalue weighted by atomic mass is 9.86. The molecule has 7 heteroatoms. The first-order chi connectivity index (χ1) is 15.9. The van der Waals surface area contributed by atoms with Crippen LogP contribution < -0.4 is 5.43 Å². The van der Waals surface area contributed by atoms with Gasteiger partial charge in [0.25, 0.3) is 0 Å². The number of halogens is 1. The summed E-state index contributed by atoms with van der Waals surface area (Å²) in [7, 11) is 5.70. The molecule has 6 nitrogen and oxygen atoms in total. The summed E-state index contributed by atoms with van der Waals surface area (Å²) in [5, 5.41) is 4.70. The first-order valence-electron chi connectivity index (χ1n) is 11.6. The van der Waals surface area contributed by atoms with Crippen molar-refractivity contribution < 1.29 is 9.18 Å². The molecular formula is C26H28FN5O. The third kappa shape index (κ3) is 3.25. The number of allylic oxidation sites excluding steroid dienone is 2. The summed E-state index contributed by atoms with van der Waals surface area (Å²) in [5.41, 5.74) is 11.4. The summed E-state index contributed by atoms with van der Waals surface area (Å²) in [6.07, 6.45) is 11.4. The van der Waals surface area contributed by atoms with Crippen LogP contribution in [0.2, 0.25) is 0 Å². The fraction of sp³-hybridized carbons (Fsp3) is 0.385. The Labute approximate surface area is 193 Å². The fourth-order valence-electron chi connectivity index (χ4n) is 5.82. The molecule has 1 N–H and O–H groups in total. The van der Waals surface area contributed by atoms with E-state index in [4.69, 9.17) is 5.10 Å². The minimum absolute atomic E-state index is 0.151. The molecule has 4 heterocycles. The van der Waals surface area contributed by atoms with Crippen LogP contribution in [0.1, 0.15) is 36.0 Å². The maximum Gasteiger partial charge on any atom is 0.236 e. The van der Waals surface area contributed by atoms with Gasteiger partial charge >= 0.3 is 0 Å². The Bertz CT molecular complexity index is 1220. The van der Waals surface area contributed by atoms with Crippen LogP contribution in [-0.4, -0.2) is 72.6 Å². The molecule has 1 amide bonds. The van der Waals surface area contributed by atoms with Crippen LogP contribution in [0.4, 0.5) is 4.39 Å². The molecule has 0 aromatic heterocycles. The van der Waals surface area contributed by atoms with E-state index in [9.17, 15) is 9.18 Å². The van der Waals surface area contributed by atoms with Gasteiger partial charge in [0.15, 0.2) is 0 Å². The average molecular weight is 446 g/mol. The van der Waals surface area contributed by atoms with Crippen molar-refractivity contribution in [2.45, 2.75) is 31.3 Å². The zero-order valence-electron chi connectivity index (χ0n) is 19.2. The van der Waals surface area contributed by atoms with Crippen molar-refractivity contribution in [3.63, 3.8) is 0 Å². The van der Waals surface area contributed by atoms with E-state index in [2.05, 4.69) is 34.5 Å². The number of amides is 1. The highest BCUT2D eigenvalue weighted by molar-refractivity contribution is 6.20. The minimum Gasteiger partial charge on any atom is -0.375 e. The quantitative estimate of drug-likeness (QED) is 0.777. The number of rotatable bonds is 3. The number of hydrazone groups is 1. The van der Waals surface area contributed by atoms with Crippen LogP contribution in [0, 0.1) is 5.82 Å². The Morgan fingerprint density at radius 1 is 1.27 bits per heavy atom. The zero-order valence-corrected chi connectivity index (χ0v) is 19.2. The van der Waals surface area contributed by atoms with E-state index < -0.39 is 0 Å². The molecule has 2 bridgehead atoms. The number of hydrogen-bond acceptors (Lipinski definition) is 5. The Balaban J connectivity index is 1.42. The fourth-order valence-corrected chi connectivity index (χ4v) is 5.82. The minimum atomic E-state index is -0.234. The maximum atomic E-state index is 14.5. The predicted molar refractivity (Wildman–Crippen MR) is 128 cm³/mol. The van der Waals surface area contributed by atoms with Crippen LogP contribution in [0.3, 0.4) is 0 Å². The number of carbonyl (C=O) groups excluding carboxylic acids is 1. The van der Waals surface area contributed by atoms with E-state index in [-0.39, 0.29) is 17.8 Å². The Morgan fingerprint density at radius 3 is 2.91 bits per heavy atom. The van der Waals surface area contributed by atoms with Gasteiger partial charge in [0.2, 0.25) is 5.91 Å². The van der Waals surface area contributed by atoms with E-state index in [1.165, 1.54) is 11.1 Å². The number of nitrogens with one attached hydrogen (secondary N) is 1. The lowest BCUT2D eigenvalue weighted by Gasteiger charge is -2.37. The number of benzene rings is 1. The summed E-state index contributed by atoms with van der Waals surface area (Å²) in [4.78, 5) is 18.6. The van der Waals surface area contributed by atoms with Crippen molar-refractivity contribution in [2.75, 3.05) is 34.2 Å². The molecule has 1 fully saturated rings. The van der Waals surface area contributed by atoms with Gasteiger partial charge in [0.1, 0.15) is 5.82 Å². The van der Waals surface area contributed by atoms with Gasteiger partial charge in [-0.15, -0.1) is 0 Å². The summed E-state index contributed by atoms with van der Waals surface area (Å²) in [5.74, 6) is -0.0830. The highest BCUT2D eigenvalue weighted by Crippen LogP contribution is 2.42. The van der Waals surface area contributed by atoms with Gasteiger partial charge in [-0.2, -0.15) is 5.10 Å². The molecular weight excluding hydrogens is 417 g/mol. The smallest absolute Gasteiger partial charge is 0.236 e. The maximum absolute atomic E-state index is 14.5. The second-order valence-corrected chi connectivity index (χ2v) is 9.83. The molecule has 5 aliphatic rings. The SMILES string of the molecule is CN1C=C2C(=C(C3=C[C@H]4CC[C@@H](C3)N4CC(=O)N(C)C)C1)NN=C1C=Cc3cc(F)cc2c31. The summed E-state index contributed by atoms with van der Waals surface area (Å²) in [6.45, 7) is 1.24. The Morgan fingerprint density at radius 2 is 2.12 bits per heavy atom. The Hall–Kier alpha value is -3.19. The third-order valence-electron chi connectivity index (χ3n) is 7.46. The standard InChI is InChI=1S/C26H28FN5O/c1-30(2)24(33)14-32-18-5-6-19(32)10-16(9-18)21-12-31(3)13-22-20-11-17(27)8-15-4-7-23(25(15)20)28-29-26(21)22/h4,7-9,11,13,18-19,29H,5-6,10,12,14H2,1-3H3/t18-,19+/m1/s1. The second kappa shape index (κ2) is 7.42. The largest absolute Gasteiger partial charge is 0.375 e. The molecule has 4 aliphatic heterocycles. The van der Waals surface area contributed by atoms with Gasteiger partial charge in [0.05, 0.1) is 18.0 Å². The molecule has 1 aliphatic carbocycles. The van der Waals surface area contributed by atoms with Crippen molar-refractivity contribution in [1.82, 2.24) is 20.1 Å². The first kappa shape index (κ1) is 20.4. The normalized spacial score (nSPS) is 25.1. The van der Waals surface area contributed by atoms with Gasteiger partial charge < -0.3 is 9.80 Å². The van der Waals surface area contributed by atoms with Crippen LogP contribution in [0.25, 0.3) is 11.6 Å². The number of hydrogen-bond donors (Lipinski definition) is 1. The molecule has 0 radical (unpaired) electrons. The van der Waals surface area contributed by atoms with Crippen molar-refractivity contribution in [2.24, 2.45) is 5.10 Å². The first-order valence-corrected chi connectivity index (χ1v) is 11.6. The van der Waals surface area contributed by atoms with Crippen LogP contribution in [-0.2, 0) is 4.79 Å². The molecule has 6 rings (SSSR count). The molecule has 0 spiro atoms. The van der Waals surface area contributed by atoms with Gasteiger partial charge in [-0.1, -0.05) is 12.2 Å². The van der Waals surface area contributed by atoms with Gasteiger partial charge in [0, 0.05) is 62.7 Å². The number of likely N-dealkylation sites (N-methyl/N-ethyl adjacent to an activating group) is 2. The zero-order chi connectivity index (χ0) is 22.9. The lowest BCUT2D eigenvalue weighted by Crippen LogP contribution is -2.45. The van der Waals surface area contributed by atoms with Crippen molar-refractivity contribution in [1.29, 1.82) is 0 Å². The van der Waals surface area contributed by atoms with E-state index in [1.54, 1.807) is 17.0 Å². The molecule has 33 heavy (non-hydrogen) atoms. The second-order valence-electron chi connectivity index (χ2n) is 9.83. The van der Waals surface area contributed by atoms with Crippen molar-refractivity contribution in [3.8, 4) is 0 Å².